The van der Waals surface area contributed by atoms with Crippen LogP contribution in [0.1, 0.15) is 18.2 Å². The molecule has 0 amide bonds. The lowest BCUT2D eigenvalue weighted by Gasteiger charge is -2.24. The van der Waals surface area contributed by atoms with Gasteiger partial charge in [-0.15, -0.1) is 6.58 Å². The maximum absolute atomic E-state index is 6.30. The van der Waals surface area contributed by atoms with Crippen molar-refractivity contribution in [2.75, 3.05) is 6.61 Å². The molecular weight excluding hydrogens is 402 g/mol. The fraction of sp³-hybridized carbons (Fsp3) is 0.217. The van der Waals surface area contributed by atoms with Crippen molar-refractivity contribution in [1.82, 2.24) is 4.57 Å². The molecule has 3 nitrogen and oxygen atoms in total. The van der Waals surface area contributed by atoms with Crippen LogP contribution in [0.4, 0.5) is 0 Å². The van der Waals surface area contributed by atoms with E-state index in [2.05, 4.69) is 64.0 Å². The number of ether oxygens (including phenoxy) is 2. The van der Waals surface area contributed by atoms with Gasteiger partial charge in [0, 0.05) is 16.1 Å². The molecule has 3 rings (SSSR count). The van der Waals surface area contributed by atoms with E-state index >= 15 is 0 Å². The summed E-state index contributed by atoms with van der Waals surface area (Å²) in [7, 11) is 0. The van der Waals surface area contributed by atoms with Gasteiger partial charge in [0.05, 0.1) is 24.8 Å². The molecule has 2 atom stereocenters. The third-order valence-electron chi connectivity index (χ3n) is 4.33. The number of hydrogen-bond donors (Lipinski definition) is 0. The Morgan fingerprint density at radius 2 is 1.89 bits per heavy atom. The zero-order chi connectivity index (χ0) is 19.1. The number of benzene rings is 2. The summed E-state index contributed by atoms with van der Waals surface area (Å²) in [4.78, 5) is 0. The Hall–Kier alpha value is -2.14. The standard InChI is InChI=1S/C23H24BrNO2/c1-3-8-21(17-26-16-18-9-6-5-7-10-18)27-23(4-2)25-14-13-19-15-20(24)11-12-22(19)25/h3-7,9-15,21,23H,1-2,8,16-17H2/t21-,23+/m0/s1. The summed E-state index contributed by atoms with van der Waals surface area (Å²) in [6.45, 7) is 8.87. The first-order chi connectivity index (χ1) is 13.2. The van der Waals surface area contributed by atoms with Gasteiger partial charge in [-0.3, -0.25) is 0 Å². The molecule has 0 saturated heterocycles. The first-order valence-corrected chi connectivity index (χ1v) is 9.77. The SMILES string of the molecule is C=CC[C@@H](COCc1ccccc1)O[C@H](C=C)n1ccc2cc(Br)ccc21. The molecule has 2 aromatic carbocycles. The topological polar surface area (TPSA) is 23.4 Å². The summed E-state index contributed by atoms with van der Waals surface area (Å²) in [5.41, 5.74) is 2.25. The molecule has 0 aliphatic carbocycles. The molecule has 140 valence electrons. The van der Waals surface area contributed by atoms with Crippen molar-refractivity contribution in [3.63, 3.8) is 0 Å². The Bertz CT molecular complexity index is 888. The van der Waals surface area contributed by atoms with Crippen LogP contribution in [-0.4, -0.2) is 17.3 Å². The summed E-state index contributed by atoms with van der Waals surface area (Å²) in [6, 6.07) is 18.4. The molecule has 0 unspecified atom stereocenters. The zero-order valence-electron chi connectivity index (χ0n) is 15.3. The Kier molecular flexibility index (Phi) is 7.04. The van der Waals surface area contributed by atoms with Crippen molar-refractivity contribution in [2.45, 2.75) is 25.4 Å². The molecule has 0 spiro atoms. The summed E-state index contributed by atoms with van der Waals surface area (Å²) >= 11 is 3.52. The third kappa shape index (κ3) is 5.19. The number of fused-ring (bicyclic) bond motifs is 1. The van der Waals surface area contributed by atoms with E-state index in [9.17, 15) is 0 Å². The van der Waals surface area contributed by atoms with Gasteiger partial charge in [0.1, 0.15) is 0 Å². The average Bonchev–Trinajstić information content (AvgIpc) is 3.09. The smallest absolute Gasteiger partial charge is 0.153 e. The van der Waals surface area contributed by atoms with Gasteiger partial charge in [-0.25, -0.2) is 0 Å². The molecule has 27 heavy (non-hydrogen) atoms. The highest BCUT2D eigenvalue weighted by atomic mass is 79.9. The van der Waals surface area contributed by atoms with E-state index in [4.69, 9.17) is 9.47 Å². The lowest BCUT2D eigenvalue weighted by molar-refractivity contribution is -0.0666. The van der Waals surface area contributed by atoms with Gasteiger partial charge >= 0.3 is 0 Å². The van der Waals surface area contributed by atoms with Crippen LogP contribution in [0, 0.1) is 0 Å². The molecular formula is C23H24BrNO2. The molecule has 0 N–H and O–H groups in total. The van der Waals surface area contributed by atoms with Crippen molar-refractivity contribution in [2.24, 2.45) is 0 Å². The van der Waals surface area contributed by atoms with Gasteiger partial charge in [-0.2, -0.15) is 0 Å². The van der Waals surface area contributed by atoms with Gasteiger partial charge < -0.3 is 14.0 Å². The van der Waals surface area contributed by atoms with Crippen LogP contribution < -0.4 is 0 Å². The maximum Gasteiger partial charge on any atom is 0.153 e. The predicted molar refractivity (Wildman–Crippen MR) is 115 cm³/mol. The van der Waals surface area contributed by atoms with Crippen molar-refractivity contribution in [3.8, 4) is 0 Å². The number of aromatic nitrogens is 1. The van der Waals surface area contributed by atoms with Crippen molar-refractivity contribution in [3.05, 3.63) is 96.1 Å². The highest BCUT2D eigenvalue weighted by Gasteiger charge is 2.17. The second kappa shape index (κ2) is 9.70. The van der Waals surface area contributed by atoms with E-state index in [1.165, 1.54) is 0 Å². The van der Waals surface area contributed by atoms with Gasteiger partial charge in [-0.1, -0.05) is 58.9 Å². The molecule has 0 bridgehead atoms. The van der Waals surface area contributed by atoms with Crippen molar-refractivity contribution < 1.29 is 9.47 Å². The fourth-order valence-corrected chi connectivity index (χ4v) is 3.40. The summed E-state index contributed by atoms with van der Waals surface area (Å²) in [6.07, 6.45) is 6.05. The molecule has 3 aromatic rings. The molecule has 4 heteroatoms. The molecule has 0 aliphatic heterocycles. The Balaban J connectivity index is 1.67. The molecule has 0 saturated carbocycles. The van der Waals surface area contributed by atoms with E-state index in [1.54, 1.807) is 0 Å². The van der Waals surface area contributed by atoms with Gasteiger partial charge in [0.15, 0.2) is 6.23 Å². The van der Waals surface area contributed by atoms with Crippen LogP contribution in [0.3, 0.4) is 0 Å². The Labute approximate surface area is 169 Å². The number of rotatable bonds is 10. The summed E-state index contributed by atoms with van der Waals surface area (Å²) in [5.74, 6) is 0. The van der Waals surface area contributed by atoms with Crippen molar-refractivity contribution in [1.29, 1.82) is 0 Å². The first kappa shape index (κ1) is 19.6. The largest absolute Gasteiger partial charge is 0.374 e. The monoisotopic (exact) mass is 425 g/mol. The van der Waals surface area contributed by atoms with Crippen LogP contribution in [0.2, 0.25) is 0 Å². The van der Waals surface area contributed by atoms with E-state index in [-0.39, 0.29) is 12.3 Å². The molecule has 0 fully saturated rings. The van der Waals surface area contributed by atoms with E-state index in [0.717, 1.165) is 20.9 Å². The lowest BCUT2D eigenvalue weighted by atomic mass is 10.2. The highest BCUT2D eigenvalue weighted by Crippen LogP contribution is 2.26. The summed E-state index contributed by atoms with van der Waals surface area (Å²) in [5, 5.41) is 1.15. The van der Waals surface area contributed by atoms with E-state index < -0.39 is 0 Å². The quantitative estimate of drug-likeness (QED) is 0.357. The van der Waals surface area contributed by atoms with Crippen molar-refractivity contribution >= 4 is 26.8 Å². The zero-order valence-corrected chi connectivity index (χ0v) is 16.8. The second-order valence-electron chi connectivity index (χ2n) is 6.34. The van der Waals surface area contributed by atoms with Crippen LogP contribution >= 0.6 is 15.9 Å². The maximum atomic E-state index is 6.30. The average molecular weight is 426 g/mol. The van der Waals surface area contributed by atoms with Crippen LogP contribution in [-0.2, 0) is 16.1 Å². The van der Waals surface area contributed by atoms with Crippen LogP contribution in [0.15, 0.2) is 90.6 Å². The Morgan fingerprint density at radius 3 is 2.63 bits per heavy atom. The highest BCUT2D eigenvalue weighted by molar-refractivity contribution is 9.10. The van der Waals surface area contributed by atoms with Crippen LogP contribution in [0.25, 0.3) is 10.9 Å². The minimum atomic E-state index is -0.269. The van der Waals surface area contributed by atoms with Gasteiger partial charge in [0.2, 0.25) is 0 Å². The number of nitrogens with zero attached hydrogens (tertiary/aromatic N) is 1. The number of hydrogen-bond acceptors (Lipinski definition) is 2. The molecule has 0 radical (unpaired) electrons. The minimum Gasteiger partial charge on any atom is -0.374 e. The predicted octanol–water partition coefficient (Wildman–Crippen LogP) is 6.27. The fourth-order valence-electron chi connectivity index (χ4n) is 3.02. The number of halogens is 1. The van der Waals surface area contributed by atoms with E-state index in [1.807, 2.05) is 42.6 Å². The normalized spacial score (nSPS) is 13.4. The van der Waals surface area contributed by atoms with E-state index in [0.29, 0.717) is 19.6 Å². The van der Waals surface area contributed by atoms with Gasteiger partial charge in [0.25, 0.3) is 0 Å². The third-order valence-corrected chi connectivity index (χ3v) is 4.83. The summed E-state index contributed by atoms with van der Waals surface area (Å²) < 4.78 is 15.3. The lowest BCUT2D eigenvalue weighted by Crippen LogP contribution is -2.24. The second-order valence-corrected chi connectivity index (χ2v) is 7.25. The van der Waals surface area contributed by atoms with Gasteiger partial charge in [-0.05, 0) is 42.3 Å². The Morgan fingerprint density at radius 1 is 1.07 bits per heavy atom. The van der Waals surface area contributed by atoms with Crippen LogP contribution in [0.5, 0.6) is 0 Å². The minimum absolute atomic E-state index is 0.0953. The first-order valence-electron chi connectivity index (χ1n) is 8.98. The molecule has 0 aliphatic rings. The molecule has 1 heterocycles. The molecule has 1 aromatic heterocycles.